The van der Waals surface area contributed by atoms with Gasteiger partial charge in [0, 0.05) is 26.2 Å². The zero-order valence-corrected chi connectivity index (χ0v) is 19.2. The molecule has 6 bridgehead atoms. The van der Waals surface area contributed by atoms with Crippen molar-refractivity contribution in [3.05, 3.63) is 106 Å². The van der Waals surface area contributed by atoms with Gasteiger partial charge in [0.25, 0.3) is 0 Å². The molecule has 0 amide bonds. The van der Waals surface area contributed by atoms with Crippen molar-refractivity contribution in [2.24, 2.45) is 0 Å². The van der Waals surface area contributed by atoms with Crippen LogP contribution in [0.1, 0.15) is 33.4 Å². The van der Waals surface area contributed by atoms with Gasteiger partial charge in [-0.3, -0.25) is 0 Å². The van der Waals surface area contributed by atoms with E-state index in [1.54, 1.807) is 0 Å². The molecule has 174 valence electrons. The average molecular weight is 447 g/mol. The van der Waals surface area contributed by atoms with Gasteiger partial charge in [-0.2, -0.15) is 0 Å². The van der Waals surface area contributed by atoms with Crippen LogP contribution in [0.15, 0.2) is 72.8 Å². The van der Waals surface area contributed by atoms with Crippen LogP contribution in [0.25, 0.3) is 0 Å². The Hall–Kier alpha value is -2.54. The molecule has 0 aliphatic carbocycles. The van der Waals surface area contributed by atoms with Crippen molar-refractivity contribution in [1.82, 2.24) is 10.6 Å². The smallest absolute Gasteiger partial charge is 0.0718 e. The van der Waals surface area contributed by atoms with Crippen molar-refractivity contribution in [1.29, 1.82) is 0 Å². The van der Waals surface area contributed by atoms with E-state index in [-0.39, 0.29) is 0 Å². The van der Waals surface area contributed by atoms with E-state index in [1.165, 1.54) is 33.4 Å². The van der Waals surface area contributed by atoms with E-state index in [9.17, 15) is 0 Å². The van der Waals surface area contributed by atoms with Gasteiger partial charge in [0.1, 0.15) is 0 Å². The van der Waals surface area contributed by atoms with Gasteiger partial charge in [0.05, 0.1) is 39.6 Å². The molecule has 5 heteroatoms. The molecule has 4 heterocycles. The third-order valence-corrected chi connectivity index (χ3v) is 5.64. The zero-order chi connectivity index (χ0) is 22.6. The minimum absolute atomic E-state index is 0.578. The maximum absolute atomic E-state index is 5.73. The summed E-state index contributed by atoms with van der Waals surface area (Å²) in [7, 11) is 0. The van der Waals surface area contributed by atoms with Gasteiger partial charge >= 0.3 is 0 Å². The third-order valence-electron chi connectivity index (χ3n) is 5.64. The number of rotatable bonds is 0. The summed E-state index contributed by atoms with van der Waals surface area (Å²) in [5, 5.41) is 7.10. The highest BCUT2D eigenvalue weighted by Gasteiger charge is 2.01. The molecule has 7 rings (SSSR count). The maximum atomic E-state index is 5.73. The first-order valence-corrected chi connectivity index (χ1v) is 11.7. The van der Waals surface area contributed by atoms with Gasteiger partial charge in [0.2, 0.25) is 0 Å². The van der Waals surface area contributed by atoms with Gasteiger partial charge in [-0.25, -0.2) is 0 Å². The molecule has 5 nitrogen and oxygen atoms in total. The third kappa shape index (κ3) is 8.39. The largest absolute Gasteiger partial charge is 0.377 e. The van der Waals surface area contributed by atoms with Crippen molar-refractivity contribution in [3.63, 3.8) is 0 Å². The van der Waals surface area contributed by atoms with Crippen LogP contribution in [0.4, 0.5) is 0 Å². The van der Waals surface area contributed by atoms with Gasteiger partial charge in [-0.1, -0.05) is 72.8 Å². The predicted octanol–water partition coefficient (Wildman–Crippen LogP) is 4.33. The first kappa shape index (κ1) is 23.6. The van der Waals surface area contributed by atoms with Gasteiger partial charge in [-0.15, -0.1) is 0 Å². The molecule has 0 unspecified atom stereocenters. The summed E-state index contributed by atoms with van der Waals surface area (Å²) in [5.41, 5.74) is 7.49. The Bertz CT molecular complexity index is 883. The van der Waals surface area contributed by atoms with Crippen molar-refractivity contribution >= 4 is 0 Å². The lowest BCUT2D eigenvalue weighted by Gasteiger charge is -2.10. The Morgan fingerprint density at radius 2 is 0.818 bits per heavy atom. The minimum atomic E-state index is 0.578. The lowest BCUT2D eigenvalue weighted by molar-refractivity contribution is 0.00704. The standard InChI is InChI=1S/C28H34N2O3/c1-2-27-16-28(3-1)20-30-18-24-6-10-26(11-7-24)22-33-15-13-31-12-14-32-21-25-8-4-23(5-9-25)17-29-19-27/h1-11,16,29-30H,12-15,17-22H2. The molecule has 3 aromatic carbocycles. The summed E-state index contributed by atoms with van der Waals surface area (Å²) in [6.07, 6.45) is 0. The quantitative estimate of drug-likeness (QED) is 0.538. The van der Waals surface area contributed by atoms with Crippen LogP contribution in [0.3, 0.4) is 0 Å². The molecule has 0 spiro atoms. The molecular weight excluding hydrogens is 412 g/mol. The highest BCUT2D eigenvalue weighted by molar-refractivity contribution is 5.25. The lowest BCUT2D eigenvalue weighted by Crippen LogP contribution is -2.15. The zero-order valence-electron chi connectivity index (χ0n) is 19.2. The first-order valence-electron chi connectivity index (χ1n) is 11.7. The second kappa shape index (κ2) is 13.2. The van der Waals surface area contributed by atoms with Gasteiger partial charge < -0.3 is 24.8 Å². The molecule has 3 aromatic rings. The summed E-state index contributed by atoms with van der Waals surface area (Å²) >= 11 is 0. The van der Waals surface area contributed by atoms with E-state index < -0.39 is 0 Å². The molecule has 0 saturated carbocycles. The van der Waals surface area contributed by atoms with Gasteiger partial charge in [-0.05, 0) is 33.4 Å². The fourth-order valence-electron chi connectivity index (χ4n) is 3.78. The van der Waals surface area contributed by atoms with E-state index in [2.05, 4.69) is 83.4 Å². The van der Waals surface area contributed by atoms with Crippen LogP contribution in [-0.4, -0.2) is 26.4 Å². The van der Waals surface area contributed by atoms with E-state index in [0.717, 1.165) is 26.2 Å². The minimum Gasteiger partial charge on any atom is -0.377 e. The average Bonchev–Trinajstić information content (AvgIpc) is 2.85. The number of ether oxygens (including phenoxy) is 3. The molecular formula is C28H34N2O3. The molecule has 0 atom stereocenters. The van der Waals surface area contributed by atoms with E-state index in [4.69, 9.17) is 14.2 Å². The summed E-state index contributed by atoms with van der Waals surface area (Å²) in [5.74, 6) is 0. The second-order valence-corrected chi connectivity index (χ2v) is 8.38. The Labute approximate surface area is 197 Å². The Kier molecular flexibility index (Phi) is 9.47. The van der Waals surface area contributed by atoms with Crippen LogP contribution >= 0.6 is 0 Å². The predicted molar refractivity (Wildman–Crippen MR) is 131 cm³/mol. The topological polar surface area (TPSA) is 51.8 Å². The lowest BCUT2D eigenvalue weighted by atomic mass is 10.1. The van der Waals surface area contributed by atoms with Crippen LogP contribution in [0.5, 0.6) is 0 Å². The molecule has 0 aromatic heterocycles. The number of hydrogen-bond donors (Lipinski definition) is 2. The first-order chi connectivity index (χ1) is 16.3. The summed E-state index contributed by atoms with van der Waals surface area (Å²) < 4.78 is 17.1. The molecule has 0 fully saturated rings. The van der Waals surface area contributed by atoms with Gasteiger partial charge in [0.15, 0.2) is 0 Å². The number of nitrogens with one attached hydrogen (secondary N) is 2. The van der Waals surface area contributed by atoms with Crippen molar-refractivity contribution in [2.45, 2.75) is 39.4 Å². The van der Waals surface area contributed by atoms with Crippen LogP contribution in [0.2, 0.25) is 0 Å². The highest BCUT2D eigenvalue weighted by atomic mass is 16.5. The molecule has 4 aliphatic rings. The normalized spacial score (nSPS) is 17.1. The number of benzene rings is 3. The van der Waals surface area contributed by atoms with Crippen molar-refractivity contribution in [3.8, 4) is 0 Å². The van der Waals surface area contributed by atoms with E-state index in [0.29, 0.717) is 39.6 Å². The maximum Gasteiger partial charge on any atom is 0.0718 e. The molecule has 0 saturated heterocycles. The summed E-state index contributed by atoms with van der Waals surface area (Å²) in [4.78, 5) is 0. The SMILES string of the molecule is c1cc2cc(c1)CNCc1ccc(cc1)COCCOCCOCc1ccc(cc1)CNC2. The van der Waals surface area contributed by atoms with Crippen LogP contribution in [0, 0.1) is 0 Å². The molecule has 4 aliphatic heterocycles. The second-order valence-electron chi connectivity index (χ2n) is 8.38. The van der Waals surface area contributed by atoms with Crippen LogP contribution < -0.4 is 10.6 Å². The highest BCUT2D eigenvalue weighted by Crippen LogP contribution is 2.10. The summed E-state index contributed by atoms with van der Waals surface area (Å²) in [6.45, 7) is 6.91. The fourth-order valence-corrected chi connectivity index (χ4v) is 3.78. The molecule has 0 radical (unpaired) electrons. The summed E-state index contributed by atoms with van der Waals surface area (Å²) in [6, 6.07) is 25.9. The Balaban J connectivity index is 1.34. The Morgan fingerprint density at radius 3 is 1.30 bits per heavy atom. The Morgan fingerprint density at radius 1 is 0.424 bits per heavy atom. The molecule has 33 heavy (non-hydrogen) atoms. The number of hydrogen-bond acceptors (Lipinski definition) is 5. The molecule has 2 N–H and O–H groups in total. The monoisotopic (exact) mass is 446 g/mol. The van der Waals surface area contributed by atoms with E-state index >= 15 is 0 Å². The fraction of sp³-hybridized carbons (Fsp3) is 0.357. The van der Waals surface area contributed by atoms with Crippen molar-refractivity contribution < 1.29 is 14.2 Å². The van der Waals surface area contributed by atoms with Crippen molar-refractivity contribution in [2.75, 3.05) is 26.4 Å². The van der Waals surface area contributed by atoms with Crippen LogP contribution in [-0.2, 0) is 53.6 Å². The van der Waals surface area contributed by atoms with E-state index in [1.807, 2.05) is 0 Å².